The van der Waals surface area contributed by atoms with E-state index in [4.69, 9.17) is 17.3 Å². The largest absolute Gasteiger partial charge is 0.349 e. The smallest absolute Gasteiger partial charge is 0.268 e. The van der Waals surface area contributed by atoms with Gasteiger partial charge in [-0.3, -0.25) is 4.79 Å². The Hall–Kier alpha value is -1.00. The third kappa shape index (κ3) is 3.98. The Bertz CT molecular complexity index is 436. The van der Waals surface area contributed by atoms with Crippen molar-refractivity contribution in [1.82, 2.24) is 9.88 Å². The summed E-state index contributed by atoms with van der Waals surface area (Å²) in [5, 5.41) is 3.48. The zero-order valence-corrected chi connectivity index (χ0v) is 12.9. The number of aromatic nitrogens is 1. The maximum atomic E-state index is 12.2. The highest BCUT2D eigenvalue weighted by Crippen LogP contribution is 2.19. The minimum absolute atomic E-state index is 0.127. The van der Waals surface area contributed by atoms with Crippen molar-refractivity contribution in [1.29, 1.82) is 0 Å². The van der Waals surface area contributed by atoms with Gasteiger partial charge in [0.15, 0.2) is 0 Å². The van der Waals surface area contributed by atoms with Crippen molar-refractivity contribution in [3.05, 3.63) is 23.0 Å². The van der Waals surface area contributed by atoms with E-state index in [1.165, 1.54) is 0 Å². The van der Waals surface area contributed by atoms with Crippen molar-refractivity contribution in [2.45, 2.75) is 52.1 Å². The van der Waals surface area contributed by atoms with Crippen molar-refractivity contribution in [3.63, 3.8) is 0 Å². The number of hydrogen-bond donors (Lipinski definition) is 2. The number of halogens is 1. The van der Waals surface area contributed by atoms with E-state index in [1.807, 2.05) is 32.3 Å². The van der Waals surface area contributed by atoms with Gasteiger partial charge in [0.25, 0.3) is 5.91 Å². The summed E-state index contributed by atoms with van der Waals surface area (Å²) in [6, 6.07) is 1.88. The molecule has 0 saturated carbocycles. The Labute approximate surface area is 120 Å². The van der Waals surface area contributed by atoms with E-state index < -0.39 is 0 Å². The lowest BCUT2D eigenvalue weighted by molar-refractivity contribution is 0.0931. The predicted molar refractivity (Wildman–Crippen MR) is 79.7 cm³/mol. The van der Waals surface area contributed by atoms with Gasteiger partial charge in [-0.15, -0.1) is 0 Å². The molecule has 0 saturated heterocycles. The number of nitrogens with two attached hydrogens (primary N) is 1. The average molecular weight is 286 g/mol. The summed E-state index contributed by atoms with van der Waals surface area (Å²) in [6.07, 6.45) is 3.43. The fourth-order valence-corrected chi connectivity index (χ4v) is 2.11. The molecular formula is C14H24ClN3O. The highest BCUT2D eigenvalue weighted by molar-refractivity contribution is 6.31. The molecule has 0 radical (unpaired) electrons. The minimum atomic E-state index is -0.339. The number of amides is 1. The molecule has 1 aromatic rings. The van der Waals surface area contributed by atoms with E-state index in [0.29, 0.717) is 17.3 Å². The third-order valence-electron chi connectivity index (χ3n) is 3.61. The molecule has 1 aromatic heterocycles. The van der Waals surface area contributed by atoms with E-state index in [-0.39, 0.29) is 17.5 Å². The molecule has 0 unspecified atom stereocenters. The van der Waals surface area contributed by atoms with E-state index >= 15 is 0 Å². The number of nitrogens with one attached hydrogen (secondary N) is 1. The van der Waals surface area contributed by atoms with Crippen LogP contribution in [-0.4, -0.2) is 22.6 Å². The number of rotatable bonds is 6. The van der Waals surface area contributed by atoms with Crippen LogP contribution in [0.1, 0.15) is 57.1 Å². The molecule has 0 bridgehead atoms. The van der Waals surface area contributed by atoms with Gasteiger partial charge >= 0.3 is 0 Å². The van der Waals surface area contributed by atoms with Gasteiger partial charge in [0, 0.05) is 24.3 Å². The second kappa shape index (κ2) is 6.44. The van der Waals surface area contributed by atoms with Crippen LogP contribution < -0.4 is 11.1 Å². The average Bonchev–Trinajstić information content (AvgIpc) is 2.78. The van der Waals surface area contributed by atoms with Gasteiger partial charge in [-0.2, -0.15) is 0 Å². The van der Waals surface area contributed by atoms with Crippen molar-refractivity contribution in [3.8, 4) is 0 Å². The molecule has 4 nitrogen and oxygen atoms in total. The number of carbonyl (C=O) groups is 1. The second-order valence-electron chi connectivity index (χ2n) is 5.30. The van der Waals surface area contributed by atoms with Crippen LogP contribution in [0.5, 0.6) is 0 Å². The fourth-order valence-electron chi connectivity index (χ4n) is 1.90. The Morgan fingerprint density at radius 2 is 2.05 bits per heavy atom. The molecule has 0 fully saturated rings. The molecule has 108 valence electrons. The third-order valence-corrected chi connectivity index (χ3v) is 3.82. The summed E-state index contributed by atoms with van der Waals surface area (Å²) >= 11 is 5.97. The molecule has 1 heterocycles. The van der Waals surface area contributed by atoms with Crippen molar-refractivity contribution < 1.29 is 4.79 Å². The fraction of sp³-hybridized carbons (Fsp3) is 0.643. The first-order valence-corrected chi connectivity index (χ1v) is 7.15. The molecule has 1 rings (SSSR count). The van der Waals surface area contributed by atoms with Gasteiger partial charge in [-0.25, -0.2) is 0 Å². The van der Waals surface area contributed by atoms with Crippen LogP contribution in [0.3, 0.4) is 0 Å². The topological polar surface area (TPSA) is 60.0 Å². The number of carbonyl (C=O) groups excluding carboxylic acids is 1. The quantitative estimate of drug-likeness (QED) is 0.844. The molecule has 1 amide bonds. The second-order valence-corrected chi connectivity index (χ2v) is 5.73. The Balaban J connectivity index is 2.79. The van der Waals surface area contributed by atoms with Crippen LogP contribution in [0.4, 0.5) is 0 Å². The molecular weight excluding hydrogens is 262 g/mol. The molecule has 0 spiro atoms. The van der Waals surface area contributed by atoms with E-state index in [2.05, 4.69) is 5.32 Å². The predicted octanol–water partition coefficient (Wildman–Crippen LogP) is 2.97. The summed E-state index contributed by atoms with van der Waals surface area (Å²) in [7, 11) is 0. The maximum Gasteiger partial charge on any atom is 0.268 e. The lowest BCUT2D eigenvalue weighted by atomic mass is 9.94. The lowest BCUT2D eigenvalue weighted by Crippen LogP contribution is -2.49. The molecule has 0 aliphatic heterocycles. The Morgan fingerprint density at radius 3 is 2.53 bits per heavy atom. The van der Waals surface area contributed by atoms with Gasteiger partial charge in [0.05, 0.1) is 5.02 Å². The van der Waals surface area contributed by atoms with Crippen LogP contribution in [0.25, 0.3) is 0 Å². The normalized spacial score (nSPS) is 11.9. The monoisotopic (exact) mass is 285 g/mol. The van der Waals surface area contributed by atoms with Crippen LogP contribution in [0, 0.1) is 0 Å². The van der Waals surface area contributed by atoms with Gasteiger partial charge in [0.2, 0.25) is 0 Å². The molecule has 0 aliphatic rings. The van der Waals surface area contributed by atoms with Crippen molar-refractivity contribution >= 4 is 17.5 Å². The van der Waals surface area contributed by atoms with E-state index in [0.717, 1.165) is 12.8 Å². The molecule has 5 heteroatoms. The molecule has 0 aliphatic carbocycles. The molecule has 0 atom stereocenters. The van der Waals surface area contributed by atoms with E-state index in [9.17, 15) is 4.79 Å². The standard InChI is InChI=1S/C14H24ClN3O/c1-5-14(16,6-2)9-17-13(19)12-7-11(15)8-18(12)10(3)4/h7-8,10H,5-6,9,16H2,1-4H3,(H,17,19). The first-order valence-electron chi connectivity index (χ1n) is 6.77. The molecule has 0 aromatic carbocycles. The van der Waals surface area contributed by atoms with Crippen LogP contribution >= 0.6 is 11.6 Å². The van der Waals surface area contributed by atoms with Crippen LogP contribution in [-0.2, 0) is 0 Å². The van der Waals surface area contributed by atoms with Crippen LogP contribution in [0.15, 0.2) is 12.3 Å². The first-order chi connectivity index (χ1) is 8.83. The van der Waals surface area contributed by atoms with Gasteiger partial charge in [0.1, 0.15) is 5.69 Å². The summed E-state index contributed by atoms with van der Waals surface area (Å²) in [4.78, 5) is 12.2. The minimum Gasteiger partial charge on any atom is -0.349 e. The zero-order chi connectivity index (χ0) is 14.6. The maximum absolute atomic E-state index is 12.2. The molecule has 3 N–H and O–H groups in total. The lowest BCUT2D eigenvalue weighted by Gasteiger charge is -2.27. The zero-order valence-electron chi connectivity index (χ0n) is 12.2. The van der Waals surface area contributed by atoms with Crippen LogP contribution in [0.2, 0.25) is 5.02 Å². The summed E-state index contributed by atoms with van der Waals surface area (Å²) in [5.74, 6) is -0.127. The van der Waals surface area contributed by atoms with Crippen molar-refractivity contribution in [2.75, 3.05) is 6.54 Å². The summed E-state index contributed by atoms with van der Waals surface area (Å²) in [6.45, 7) is 8.56. The summed E-state index contributed by atoms with van der Waals surface area (Å²) in [5.41, 5.74) is 6.42. The SMILES string of the molecule is CCC(N)(CC)CNC(=O)c1cc(Cl)cn1C(C)C. The Morgan fingerprint density at radius 1 is 1.47 bits per heavy atom. The number of hydrogen-bond acceptors (Lipinski definition) is 2. The first kappa shape index (κ1) is 16.1. The Kier molecular flexibility index (Phi) is 5.44. The summed E-state index contributed by atoms with van der Waals surface area (Å²) < 4.78 is 1.87. The highest BCUT2D eigenvalue weighted by atomic mass is 35.5. The van der Waals surface area contributed by atoms with Gasteiger partial charge < -0.3 is 15.6 Å². The van der Waals surface area contributed by atoms with Gasteiger partial charge in [-0.05, 0) is 32.8 Å². The van der Waals surface area contributed by atoms with E-state index in [1.54, 1.807) is 12.3 Å². The number of nitrogens with zero attached hydrogens (tertiary/aromatic N) is 1. The van der Waals surface area contributed by atoms with Gasteiger partial charge in [-0.1, -0.05) is 25.4 Å². The molecule has 19 heavy (non-hydrogen) atoms. The van der Waals surface area contributed by atoms with Crippen molar-refractivity contribution in [2.24, 2.45) is 5.73 Å². The highest BCUT2D eigenvalue weighted by Gasteiger charge is 2.22.